The van der Waals surface area contributed by atoms with Crippen molar-refractivity contribution in [2.45, 2.75) is 46.3 Å². The van der Waals surface area contributed by atoms with Crippen LogP contribution in [0.4, 0.5) is 0 Å². The molecule has 1 unspecified atom stereocenters. The second-order valence-electron chi connectivity index (χ2n) is 3.68. The van der Waals surface area contributed by atoms with Crippen LogP contribution in [0, 0.1) is 0 Å². The van der Waals surface area contributed by atoms with Crippen molar-refractivity contribution in [2.24, 2.45) is 0 Å². The molecule has 0 aromatic carbocycles. The molecule has 0 heterocycles. The molecule has 0 aromatic rings. The van der Waals surface area contributed by atoms with E-state index >= 15 is 0 Å². The van der Waals surface area contributed by atoms with Crippen molar-refractivity contribution in [3.63, 3.8) is 0 Å². The second kappa shape index (κ2) is 6.44. The Bertz CT molecular complexity index is 104. The van der Waals surface area contributed by atoms with Crippen LogP contribution < -0.4 is 0 Å². The fourth-order valence-corrected chi connectivity index (χ4v) is 1.09. The summed E-state index contributed by atoms with van der Waals surface area (Å²) in [6.07, 6.45) is 1.87. The minimum atomic E-state index is 0.354. The standard InChI is InChI=1S/C10H23NO/c1-6-11(5)8-7-10(4)12-9(2)3/h9-10H,6-8H2,1-5H3. The predicted octanol–water partition coefficient (Wildman–Crippen LogP) is 2.14. The molecule has 0 aliphatic heterocycles. The van der Waals surface area contributed by atoms with E-state index in [0.29, 0.717) is 12.2 Å². The molecule has 0 N–H and O–H groups in total. The summed E-state index contributed by atoms with van der Waals surface area (Å²) in [5, 5.41) is 0. The molecule has 0 amide bonds. The van der Waals surface area contributed by atoms with Gasteiger partial charge in [0, 0.05) is 6.54 Å². The number of rotatable bonds is 6. The highest BCUT2D eigenvalue weighted by atomic mass is 16.5. The largest absolute Gasteiger partial charge is 0.376 e. The van der Waals surface area contributed by atoms with Crippen molar-refractivity contribution in [3.8, 4) is 0 Å². The number of ether oxygens (including phenoxy) is 1. The lowest BCUT2D eigenvalue weighted by atomic mass is 10.2. The van der Waals surface area contributed by atoms with E-state index in [4.69, 9.17) is 4.74 Å². The van der Waals surface area contributed by atoms with E-state index < -0.39 is 0 Å². The van der Waals surface area contributed by atoms with Gasteiger partial charge in [0.25, 0.3) is 0 Å². The summed E-state index contributed by atoms with van der Waals surface area (Å²) in [6.45, 7) is 10.7. The van der Waals surface area contributed by atoms with E-state index in [1.165, 1.54) is 0 Å². The number of nitrogens with zero attached hydrogens (tertiary/aromatic N) is 1. The Labute approximate surface area is 76.9 Å². The van der Waals surface area contributed by atoms with Crippen LogP contribution in [-0.4, -0.2) is 37.2 Å². The normalized spacial score (nSPS) is 14.2. The molecule has 12 heavy (non-hydrogen) atoms. The lowest BCUT2D eigenvalue weighted by Crippen LogP contribution is -2.24. The fourth-order valence-electron chi connectivity index (χ4n) is 1.09. The number of hydrogen-bond acceptors (Lipinski definition) is 2. The molecule has 0 rings (SSSR count). The van der Waals surface area contributed by atoms with Gasteiger partial charge in [0.2, 0.25) is 0 Å². The molecule has 0 fully saturated rings. The van der Waals surface area contributed by atoms with E-state index in [9.17, 15) is 0 Å². The first-order chi connectivity index (χ1) is 5.56. The summed E-state index contributed by atoms with van der Waals surface area (Å²) in [7, 11) is 2.14. The van der Waals surface area contributed by atoms with E-state index in [2.05, 4.69) is 39.6 Å². The average molecular weight is 173 g/mol. The summed E-state index contributed by atoms with van der Waals surface area (Å²) in [5.41, 5.74) is 0. The van der Waals surface area contributed by atoms with Crippen LogP contribution >= 0.6 is 0 Å². The molecule has 0 aromatic heterocycles. The summed E-state index contributed by atoms with van der Waals surface area (Å²) in [5.74, 6) is 0. The van der Waals surface area contributed by atoms with E-state index in [0.717, 1.165) is 19.5 Å². The van der Waals surface area contributed by atoms with E-state index in [1.807, 2.05) is 0 Å². The molecule has 0 saturated heterocycles. The van der Waals surface area contributed by atoms with Crippen LogP contribution in [0.2, 0.25) is 0 Å². The molecular formula is C10H23NO. The van der Waals surface area contributed by atoms with Gasteiger partial charge >= 0.3 is 0 Å². The average Bonchev–Trinajstić information content (AvgIpc) is 1.99. The van der Waals surface area contributed by atoms with Crippen molar-refractivity contribution in [3.05, 3.63) is 0 Å². The van der Waals surface area contributed by atoms with Gasteiger partial charge in [0.05, 0.1) is 12.2 Å². The van der Waals surface area contributed by atoms with Crippen LogP contribution in [0.15, 0.2) is 0 Å². The van der Waals surface area contributed by atoms with Crippen LogP contribution in [-0.2, 0) is 4.74 Å². The fraction of sp³-hybridized carbons (Fsp3) is 1.00. The van der Waals surface area contributed by atoms with Gasteiger partial charge in [-0.05, 0) is 40.8 Å². The molecule has 2 heteroatoms. The lowest BCUT2D eigenvalue weighted by molar-refractivity contribution is 0.0105. The maximum absolute atomic E-state index is 5.62. The van der Waals surface area contributed by atoms with Crippen molar-refractivity contribution >= 4 is 0 Å². The van der Waals surface area contributed by atoms with E-state index in [1.54, 1.807) is 0 Å². The van der Waals surface area contributed by atoms with E-state index in [-0.39, 0.29) is 0 Å². The van der Waals surface area contributed by atoms with Gasteiger partial charge in [0.15, 0.2) is 0 Å². The molecule has 0 radical (unpaired) electrons. The van der Waals surface area contributed by atoms with Gasteiger partial charge in [-0.1, -0.05) is 6.92 Å². The first kappa shape index (κ1) is 11.9. The number of hydrogen-bond donors (Lipinski definition) is 0. The highest BCUT2D eigenvalue weighted by Gasteiger charge is 2.05. The van der Waals surface area contributed by atoms with Crippen LogP contribution in [0.1, 0.15) is 34.1 Å². The van der Waals surface area contributed by atoms with Crippen molar-refractivity contribution in [2.75, 3.05) is 20.1 Å². The molecule has 1 atom stereocenters. The second-order valence-corrected chi connectivity index (χ2v) is 3.68. The maximum Gasteiger partial charge on any atom is 0.0562 e. The zero-order valence-electron chi connectivity index (χ0n) is 9.13. The van der Waals surface area contributed by atoms with Crippen molar-refractivity contribution in [1.82, 2.24) is 4.90 Å². The monoisotopic (exact) mass is 173 g/mol. The summed E-state index contributed by atoms with van der Waals surface area (Å²) < 4.78 is 5.62. The third-order valence-electron chi connectivity index (χ3n) is 1.96. The maximum atomic E-state index is 5.62. The van der Waals surface area contributed by atoms with Gasteiger partial charge < -0.3 is 9.64 Å². The summed E-state index contributed by atoms with van der Waals surface area (Å²) in [6, 6.07) is 0. The zero-order chi connectivity index (χ0) is 9.56. The Hall–Kier alpha value is -0.0800. The van der Waals surface area contributed by atoms with Gasteiger partial charge in [-0.3, -0.25) is 0 Å². The first-order valence-corrected chi connectivity index (χ1v) is 4.90. The van der Waals surface area contributed by atoms with Gasteiger partial charge in [-0.25, -0.2) is 0 Å². The molecule has 0 spiro atoms. The Balaban J connectivity index is 3.36. The van der Waals surface area contributed by atoms with Gasteiger partial charge in [-0.2, -0.15) is 0 Å². The Morgan fingerprint density at radius 2 is 1.83 bits per heavy atom. The quantitative estimate of drug-likeness (QED) is 0.610. The highest BCUT2D eigenvalue weighted by molar-refractivity contribution is 4.56. The Kier molecular flexibility index (Phi) is 6.39. The van der Waals surface area contributed by atoms with Crippen molar-refractivity contribution < 1.29 is 4.74 Å². The topological polar surface area (TPSA) is 12.5 Å². The van der Waals surface area contributed by atoms with Crippen LogP contribution in [0.5, 0.6) is 0 Å². The summed E-state index contributed by atoms with van der Waals surface area (Å²) >= 11 is 0. The third-order valence-corrected chi connectivity index (χ3v) is 1.96. The molecule has 0 bridgehead atoms. The molecule has 74 valence electrons. The molecule has 0 saturated carbocycles. The van der Waals surface area contributed by atoms with Crippen LogP contribution in [0.3, 0.4) is 0 Å². The highest BCUT2D eigenvalue weighted by Crippen LogP contribution is 2.02. The first-order valence-electron chi connectivity index (χ1n) is 4.90. The Morgan fingerprint density at radius 1 is 1.25 bits per heavy atom. The SMILES string of the molecule is CCN(C)CCC(C)OC(C)C. The third kappa shape index (κ3) is 6.62. The molecular weight excluding hydrogens is 150 g/mol. The minimum Gasteiger partial charge on any atom is -0.376 e. The predicted molar refractivity (Wildman–Crippen MR) is 53.5 cm³/mol. The van der Waals surface area contributed by atoms with Crippen molar-refractivity contribution in [1.29, 1.82) is 0 Å². The summed E-state index contributed by atoms with van der Waals surface area (Å²) in [4.78, 5) is 2.31. The minimum absolute atomic E-state index is 0.354. The van der Waals surface area contributed by atoms with Gasteiger partial charge in [-0.15, -0.1) is 0 Å². The smallest absolute Gasteiger partial charge is 0.0562 e. The lowest BCUT2D eigenvalue weighted by Gasteiger charge is -2.19. The zero-order valence-corrected chi connectivity index (χ0v) is 9.13. The molecule has 2 nitrogen and oxygen atoms in total. The molecule has 0 aliphatic rings. The van der Waals surface area contributed by atoms with Gasteiger partial charge in [0.1, 0.15) is 0 Å². The Morgan fingerprint density at radius 3 is 2.25 bits per heavy atom. The van der Waals surface area contributed by atoms with Crippen LogP contribution in [0.25, 0.3) is 0 Å². The molecule has 0 aliphatic carbocycles.